The summed E-state index contributed by atoms with van der Waals surface area (Å²) >= 11 is 0. The van der Waals surface area contributed by atoms with Gasteiger partial charge in [0.25, 0.3) is 0 Å². The topological polar surface area (TPSA) is 29.5 Å². The summed E-state index contributed by atoms with van der Waals surface area (Å²) < 4.78 is 5.46. The third-order valence-electron chi connectivity index (χ3n) is 3.27. The molecule has 2 aromatic carbocycles. The van der Waals surface area contributed by atoms with Crippen LogP contribution in [0.2, 0.25) is 0 Å². The van der Waals surface area contributed by atoms with Gasteiger partial charge in [-0.2, -0.15) is 0 Å². The predicted molar refractivity (Wildman–Crippen MR) is 86.3 cm³/mol. The average molecular weight is 285 g/mol. The van der Waals surface area contributed by atoms with Crippen LogP contribution in [0.4, 0.5) is 4.79 Å². The molecule has 2 rings (SSSR count). The third kappa shape index (κ3) is 3.97. The van der Waals surface area contributed by atoms with Gasteiger partial charge in [-0.3, -0.25) is 0 Å². The zero-order valence-electron chi connectivity index (χ0n) is 13.2. The standard InChI is InChI=1S/C18H23NO2/c1-5-19(17(20)21-18(2,3)4)13-15-11-8-10-14-9-6-7-12-16(14)15/h6-12H,5,13H2,1-4H3. The van der Waals surface area contributed by atoms with Crippen molar-refractivity contribution in [1.82, 2.24) is 4.90 Å². The highest BCUT2D eigenvalue weighted by molar-refractivity contribution is 5.85. The van der Waals surface area contributed by atoms with Crippen LogP contribution in [0.3, 0.4) is 0 Å². The number of amides is 1. The molecule has 0 N–H and O–H groups in total. The van der Waals surface area contributed by atoms with Gasteiger partial charge in [-0.1, -0.05) is 42.5 Å². The Bertz CT molecular complexity index is 623. The minimum Gasteiger partial charge on any atom is -0.444 e. The zero-order chi connectivity index (χ0) is 15.5. The lowest BCUT2D eigenvalue weighted by Crippen LogP contribution is -2.36. The first-order chi connectivity index (χ1) is 9.90. The maximum absolute atomic E-state index is 12.2. The van der Waals surface area contributed by atoms with E-state index in [1.54, 1.807) is 4.90 Å². The molecule has 112 valence electrons. The molecule has 0 saturated heterocycles. The highest BCUT2D eigenvalue weighted by atomic mass is 16.6. The lowest BCUT2D eigenvalue weighted by molar-refractivity contribution is 0.0245. The van der Waals surface area contributed by atoms with Crippen molar-refractivity contribution in [2.75, 3.05) is 6.54 Å². The molecule has 0 atom stereocenters. The van der Waals surface area contributed by atoms with E-state index in [4.69, 9.17) is 4.74 Å². The van der Waals surface area contributed by atoms with E-state index < -0.39 is 5.60 Å². The van der Waals surface area contributed by atoms with E-state index in [2.05, 4.69) is 24.3 Å². The normalized spacial score (nSPS) is 11.4. The summed E-state index contributed by atoms with van der Waals surface area (Å²) in [5.74, 6) is 0. The van der Waals surface area contributed by atoms with Crippen LogP contribution in [-0.4, -0.2) is 23.1 Å². The van der Waals surface area contributed by atoms with Crippen LogP contribution in [-0.2, 0) is 11.3 Å². The van der Waals surface area contributed by atoms with Gasteiger partial charge in [0, 0.05) is 13.1 Å². The maximum atomic E-state index is 12.2. The van der Waals surface area contributed by atoms with E-state index in [9.17, 15) is 4.79 Å². The van der Waals surface area contributed by atoms with Gasteiger partial charge in [0.15, 0.2) is 0 Å². The molecule has 3 heteroatoms. The number of hydrogen-bond donors (Lipinski definition) is 0. The summed E-state index contributed by atoms with van der Waals surface area (Å²) in [6.45, 7) is 8.81. The van der Waals surface area contributed by atoms with Crippen molar-refractivity contribution < 1.29 is 9.53 Å². The number of fused-ring (bicyclic) bond motifs is 1. The molecule has 21 heavy (non-hydrogen) atoms. The van der Waals surface area contributed by atoms with E-state index >= 15 is 0 Å². The fourth-order valence-corrected chi connectivity index (χ4v) is 2.27. The Kier molecular flexibility index (Phi) is 4.51. The van der Waals surface area contributed by atoms with Crippen LogP contribution in [0.5, 0.6) is 0 Å². The van der Waals surface area contributed by atoms with Gasteiger partial charge < -0.3 is 9.64 Å². The molecule has 0 heterocycles. The van der Waals surface area contributed by atoms with Gasteiger partial charge in [-0.15, -0.1) is 0 Å². The molecule has 1 amide bonds. The smallest absolute Gasteiger partial charge is 0.410 e. The fraction of sp³-hybridized carbons (Fsp3) is 0.389. The summed E-state index contributed by atoms with van der Waals surface area (Å²) in [6.07, 6.45) is -0.266. The average Bonchev–Trinajstić information content (AvgIpc) is 2.42. The number of benzene rings is 2. The Morgan fingerprint density at radius 2 is 1.76 bits per heavy atom. The van der Waals surface area contributed by atoms with Gasteiger partial charge in [-0.05, 0) is 44.0 Å². The van der Waals surface area contributed by atoms with Gasteiger partial charge in [-0.25, -0.2) is 4.79 Å². The quantitative estimate of drug-likeness (QED) is 0.825. The van der Waals surface area contributed by atoms with E-state index in [1.165, 1.54) is 10.8 Å². The van der Waals surface area contributed by atoms with E-state index in [0.717, 1.165) is 5.56 Å². The summed E-state index contributed by atoms with van der Waals surface area (Å²) in [5, 5.41) is 2.37. The van der Waals surface area contributed by atoms with Crippen molar-refractivity contribution >= 4 is 16.9 Å². The number of hydrogen-bond acceptors (Lipinski definition) is 2. The Balaban J connectivity index is 2.23. The molecule has 0 aromatic heterocycles. The molecular formula is C18H23NO2. The van der Waals surface area contributed by atoms with E-state index in [0.29, 0.717) is 13.1 Å². The second-order valence-electron chi connectivity index (χ2n) is 6.13. The van der Waals surface area contributed by atoms with Crippen molar-refractivity contribution in [3.05, 3.63) is 48.0 Å². The predicted octanol–water partition coefficient (Wildman–Crippen LogP) is 4.60. The molecule has 0 saturated carbocycles. The Labute approximate surface area is 126 Å². The van der Waals surface area contributed by atoms with Crippen LogP contribution >= 0.6 is 0 Å². The van der Waals surface area contributed by atoms with E-state index in [1.807, 2.05) is 45.9 Å². The summed E-state index contributed by atoms with van der Waals surface area (Å²) in [6, 6.07) is 14.4. The molecule has 0 aliphatic rings. The number of nitrogens with zero attached hydrogens (tertiary/aromatic N) is 1. The van der Waals surface area contributed by atoms with Crippen LogP contribution in [0, 0.1) is 0 Å². The lowest BCUT2D eigenvalue weighted by atomic mass is 10.0. The highest BCUT2D eigenvalue weighted by Gasteiger charge is 2.21. The molecule has 0 radical (unpaired) electrons. The first kappa shape index (κ1) is 15.4. The second-order valence-corrected chi connectivity index (χ2v) is 6.13. The Morgan fingerprint density at radius 3 is 2.43 bits per heavy atom. The minimum atomic E-state index is -0.469. The highest BCUT2D eigenvalue weighted by Crippen LogP contribution is 2.21. The summed E-state index contributed by atoms with van der Waals surface area (Å²) in [4.78, 5) is 14.0. The Hall–Kier alpha value is -2.03. The van der Waals surface area contributed by atoms with Gasteiger partial charge >= 0.3 is 6.09 Å². The van der Waals surface area contributed by atoms with Crippen molar-refractivity contribution in [1.29, 1.82) is 0 Å². The van der Waals surface area contributed by atoms with Gasteiger partial charge in [0.1, 0.15) is 5.60 Å². The summed E-state index contributed by atoms with van der Waals surface area (Å²) in [5.41, 5.74) is 0.671. The molecule has 0 aliphatic heterocycles. The third-order valence-corrected chi connectivity index (χ3v) is 3.27. The Morgan fingerprint density at radius 1 is 1.10 bits per heavy atom. The van der Waals surface area contributed by atoms with Gasteiger partial charge in [0.05, 0.1) is 0 Å². The molecule has 0 fully saturated rings. The van der Waals surface area contributed by atoms with Crippen molar-refractivity contribution in [2.24, 2.45) is 0 Å². The number of carbonyl (C=O) groups excluding carboxylic acids is 1. The van der Waals surface area contributed by atoms with Crippen LogP contribution in [0.15, 0.2) is 42.5 Å². The molecule has 0 bridgehead atoms. The number of ether oxygens (including phenoxy) is 1. The summed E-state index contributed by atoms with van der Waals surface area (Å²) in [7, 11) is 0. The zero-order valence-corrected chi connectivity index (χ0v) is 13.2. The molecule has 2 aromatic rings. The molecule has 0 unspecified atom stereocenters. The van der Waals surface area contributed by atoms with E-state index in [-0.39, 0.29) is 6.09 Å². The first-order valence-corrected chi connectivity index (χ1v) is 7.35. The first-order valence-electron chi connectivity index (χ1n) is 7.35. The minimum absolute atomic E-state index is 0.266. The monoisotopic (exact) mass is 285 g/mol. The van der Waals surface area contributed by atoms with Crippen molar-refractivity contribution in [3.63, 3.8) is 0 Å². The maximum Gasteiger partial charge on any atom is 0.410 e. The molecule has 3 nitrogen and oxygen atoms in total. The van der Waals surface area contributed by atoms with Crippen LogP contribution in [0.1, 0.15) is 33.3 Å². The molecule has 0 spiro atoms. The lowest BCUT2D eigenvalue weighted by Gasteiger charge is -2.27. The number of rotatable bonds is 3. The molecule has 0 aliphatic carbocycles. The largest absolute Gasteiger partial charge is 0.444 e. The SMILES string of the molecule is CCN(Cc1cccc2ccccc12)C(=O)OC(C)(C)C. The number of carbonyl (C=O) groups is 1. The van der Waals surface area contributed by atoms with Crippen LogP contribution < -0.4 is 0 Å². The fourth-order valence-electron chi connectivity index (χ4n) is 2.27. The van der Waals surface area contributed by atoms with Crippen molar-refractivity contribution in [2.45, 2.75) is 39.8 Å². The van der Waals surface area contributed by atoms with Crippen LogP contribution in [0.25, 0.3) is 10.8 Å². The van der Waals surface area contributed by atoms with Crippen molar-refractivity contribution in [3.8, 4) is 0 Å². The molecular weight excluding hydrogens is 262 g/mol. The van der Waals surface area contributed by atoms with Gasteiger partial charge in [0.2, 0.25) is 0 Å². The second kappa shape index (κ2) is 6.17.